The molecule has 2 amide bonds. The average Bonchev–Trinajstić information content (AvgIpc) is 2.56. The summed E-state index contributed by atoms with van der Waals surface area (Å²) in [5.41, 5.74) is 5.29. The van der Waals surface area contributed by atoms with Gasteiger partial charge in [0.15, 0.2) is 18.2 Å². The molecule has 6 nitrogen and oxygen atoms in total. The van der Waals surface area contributed by atoms with Crippen molar-refractivity contribution in [3.8, 4) is 0 Å². The fourth-order valence-electron chi connectivity index (χ4n) is 1.80. The SMILES string of the molecule is NC(=O)c1ccc(NC(=O)COC(=O)c2cc(F)c(F)cc2Cl)cc1. The Hall–Kier alpha value is -3.00. The number of carbonyl (C=O) groups is 3. The van der Waals surface area contributed by atoms with Gasteiger partial charge in [0.25, 0.3) is 5.91 Å². The second-order valence-electron chi connectivity index (χ2n) is 4.81. The predicted molar refractivity (Wildman–Crippen MR) is 85.2 cm³/mol. The summed E-state index contributed by atoms with van der Waals surface area (Å²) in [6, 6.07) is 6.91. The highest BCUT2D eigenvalue weighted by atomic mass is 35.5. The first-order valence-electron chi connectivity index (χ1n) is 6.79. The van der Waals surface area contributed by atoms with Gasteiger partial charge in [0.05, 0.1) is 10.6 Å². The summed E-state index contributed by atoms with van der Waals surface area (Å²) in [7, 11) is 0. The molecule has 25 heavy (non-hydrogen) atoms. The molecule has 2 rings (SSSR count). The van der Waals surface area contributed by atoms with Crippen molar-refractivity contribution in [1.82, 2.24) is 0 Å². The number of hydrogen-bond donors (Lipinski definition) is 2. The number of anilines is 1. The molecule has 0 saturated carbocycles. The van der Waals surface area contributed by atoms with Gasteiger partial charge in [-0.1, -0.05) is 11.6 Å². The number of benzene rings is 2. The summed E-state index contributed by atoms with van der Waals surface area (Å²) in [5.74, 6) is -4.86. The van der Waals surface area contributed by atoms with Crippen LogP contribution in [0.5, 0.6) is 0 Å². The zero-order chi connectivity index (χ0) is 18.6. The van der Waals surface area contributed by atoms with E-state index in [9.17, 15) is 23.2 Å². The van der Waals surface area contributed by atoms with Crippen LogP contribution in [0.2, 0.25) is 5.02 Å². The lowest BCUT2D eigenvalue weighted by Crippen LogP contribution is -2.21. The van der Waals surface area contributed by atoms with E-state index in [0.29, 0.717) is 17.8 Å². The monoisotopic (exact) mass is 368 g/mol. The molecule has 0 aliphatic rings. The van der Waals surface area contributed by atoms with E-state index in [0.717, 1.165) is 0 Å². The Morgan fingerprint density at radius 3 is 2.28 bits per heavy atom. The third-order valence-electron chi connectivity index (χ3n) is 3.02. The van der Waals surface area contributed by atoms with Crippen LogP contribution in [-0.4, -0.2) is 24.4 Å². The zero-order valence-electron chi connectivity index (χ0n) is 12.5. The lowest BCUT2D eigenvalue weighted by molar-refractivity contribution is -0.119. The van der Waals surface area contributed by atoms with Crippen LogP contribution in [0.1, 0.15) is 20.7 Å². The second kappa shape index (κ2) is 7.71. The summed E-state index contributed by atoms with van der Waals surface area (Å²) in [4.78, 5) is 34.4. The molecule has 2 aromatic rings. The lowest BCUT2D eigenvalue weighted by atomic mass is 10.2. The van der Waals surface area contributed by atoms with Crippen molar-refractivity contribution in [2.24, 2.45) is 5.73 Å². The molecular weight excluding hydrogens is 358 g/mol. The van der Waals surface area contributed by atoms with Crippen molar-refractivity contribution in [3.63, 3.8) is 0 Å². The minimum Gasteiger partial charge on any atom is -0.452 e. The van der Waals surface area contributed by atoms with Crippen LogP contribution in [0.4, 0.5) is 14.5 Å². The number of nitrogens with two attached hydrogens (primary N) is 1. The molecule has 0 aliphatic heterocycles. The Morgan fingerprint density at radius 1 is 1.08 bits per heavy atom. The van der Waals surface area contributed by atoms with Crippen molar-refractivity contribution >= 4 is 35.1 Å². The highest BCUT2D eigenvalue weighted by Crippen LogP contribution is 2.20. The van der Waals surface area contributed by atoms with Crippen molar-refractivity contribution in [2.45, 2.75) is 0 Å². The summed E-state index contributed by atoms with van der Waals surface area (Å²) in [6.07, 6.45) is 0. The van der Waals surface area contributed by atoms with E-state index in [1.807, 2.05) is 0 Å². The van der Waals surface area contributed by atoms with E-state index in [1.165, 1.54) is 24.3 Å². The second-order valence-corrected chi connectivity index (χ2v) is 5.22. The topological polar surface area (TPSA) is 98.5 Å². The van der Waals surface area contributed by atoms with Gasteiger partial charge < -0.3 is 15.8 Å². The molecule has 0 aromatic heterocycles. The van der Waals surface area contributed by atoms with Crippen LogP contribution in [0.25, 0.3) is 0 Å². The number of carbonyl (C=O) groups excluding carboxylic acids is 3. The normalized spacial score (nSPS) is 10.2. The van der Waals surface area contributed by atoms with Gasteiger partial charge >= 0.3 is 5.97 Å². The van der Waals surface area contributed by atoms with Gasteiger partial charge in [-0.15, -0.1) is 0 Å². The molecule has 0 fully saturated rings. The van der Waals surface area contributed by atoms with Gasteiger partial charge in [-0.2, -0.15) is 0 Å². The molecule has 130 valence electrons. The van der Waals surface area contributed by atoms with Gasteiger partial charge in [0.2, 0.25) is 5.91 Å². The minimum absolute atomic E-state index is 0.261. The number of hydrogen-bond acceptors (Lipinski definition) is 4. The minimum atomic E-state index is -1.27. The summed E-state index contributed by atoms with van der Waals surface area (Å²) in [5, 5.41) is 2.07. The van der Waals surface area contributed by atoms with Gasteiger partial charge in [0.1, 0.15) is 0 Å². The summed E-state index contributed by atoms with van der Waals surface area (Å²) in [6.45, 7) is -0.675. The van der Waals surface area contributed by atoms with Crippen LogP contribution in [0.3, 0.4) is 0 Å². The van der Waals surface area contributed by atoms with E-state index < -0.39 is 41.6 Å². The number of amides is 2. The maximum absolute atomic E-state index is 13.1. The molecule has 3 N–H and O–H groups in total. The number of rotatable bonds is 5. The van der Waals surface area contributed by atoms with E-state index in [4.69, 9.17) is 22.1 Å². The van der Waals surface area contributed by atoms with Crippen molar-refractivity contribution in [3.05, 3.63) is 64.2 Å². The molecule has 0 spiro atoms. The molecule has 0 aliphatic carbocycles. The number of primary amides is 1. The first kappa shape index (κ1) is 18.3. The van der Waals surface area contributed by atoms with Crippen molar-refractivity contribution in [2.75, 3.05) is 11.9 Å². The number of ether oxygens (including phenoxy) is 1. The molecule has 2 aromatic carbocycles. The van der Waals surface area contributed by atoms with Crippen LogP contribution in [-0.2, 0) is 9.53 Å². The highest BCUT2D eigenvalue weighted by molar-refractivity contribution is 6.33. The van der Waals surface area contributed by atoms with E-state index in [1.54, 1.807) is 0 Å². The molecular formula is C16H11ClF2N2O4. The van der Waals surface area contributed by atoms with Crippen LogP contribution < -0.4 is 11.1 Å². The Kier molecular flexibility index (Phi) is 5.66. The Balaban J connectivity index is 1.94. The smallest absolute Gasteiger partial charge is 0.340 e. The first-order chi connectivity index (χ1) is 11.8. The quantitative estimate of drug-likeness (QED) is 0.625. The van der Waals surface area contributed by atoms with Crippen molar-refractivity contribution in [1.29, 1.82) is 0 Å². The fourth-order valence-corrected chi connectivity index (χ4v) is 2.03. The molecule has 0 unspecified atom stereocenters. The maximum atomic E-state index is 13.1. The Morgan fingerprint density at radius 2 is 1.68 bits per heavy atom. The standard InChI is InChI=1S/C16H11ClF2N2O4/c17-11-6-13(19)12(18)5-10(11)16(24)25-7-14(22)21-9-3-1-8(2-4-9)15(20)23/h1-6H,7H2,(H2,20,23)(H,21,22). The summed E-state index contributed by atoms with van der Waals surface area (Å²) >= 11 is 5.64. The number of halogens is 3. The van der Waals surface area contributed by atoms with Gasteiger partial charge in [0, 0.05) is 11.3 Å². The third-order valence-corrected chi connectivity index (χ3v) is 3.33. The van der Waals surface area contributed by atoms with Crippen molar-refractivity contribution < 1.29 is 27.9 Å². The molecule has 0 atom stereocenters. The Labute approximate surface area is 145 Å². The average molecular weight is 369 g/mol. The molecule has 9 heteroatoms. The van der Waals surface area contributed by atoms with Gasteiger partial charge in [-0.25, -0.2) is 13.6 Å². The number of esters is 1. The van der Waals surface area contributed by atoms with Crippen LogP contribution >= 0.6 is 11.6 Å². The highest BCUT2D eigenvalue weighted by Gasteiger charge is 2.17. The van der Waals surface area contributed by atoms with Gasteiger partial charge in [-0.05, 0) is 36.4 Å². The van der Waals surface area contributed by atoms with E-state index >= 15 is 0 Å². The van der Waals surface area contributed by atoms with Gasteiger partial charge in [-0.3, -0.25) is 9.59 Å². The molecule has 0 bridgehead atoms. The van der Waals surface area contributed by atoms with E-state index in [-0.39, 0.29) is 10.6 Å². The molecule has 0 heterocycles. The lowest BCUT2D eigenvalue weighted by Gasteiger charge is -2.08. The fraction of sp³-hybridized carbons (Fsp3) is 0.0625. The maximum Gasteiger partial charge on any atom is 0.340 e. The third kappa shape index (κ3) is 4.74. The zero-order valence-corrected chi connectivity index (χ0v) is 13.3. The summed E-state index contributed by atoms with van der Waals surface area (Å²) < 4.78 is 30.8. The predicted octanol–water partition coefficient (Wildman–Crippen LogP) is 2.51. The Bertz CT molecular complexity index is 841. The van der Waals surface area contributed by atoms with E-state index in [2.05, 4.69) is 5.32 Å². The molecule has 0 radical (unpaired) electrons. The van der Waals surface area contributed by atoms with Crippen LogP contribution in [0.15, 0.2) is 36.4 Å². The largest absolute Gasteiger partial charge is 0.452 e. The first-order valence-corrected chi connectivity index (χ1v) is 7.17. The van der Waals surface area contributed by atoms with Crippen LogP contribution in [0, 0.1) is 11.6 Å². The number of nitrogens with one attached hydrogen (secondary N) is 1. The molecule has 0 saturated heterocycles.